The van der Waals surface area contributed by atoms with Crippen LogP contribution in [0.4, 0.5) is 5.69 Å². The first kappa shape index (κ1) is 13.8. The number of hydrogen-bond donors (Lipinski definition) is 2. The first-order valence-corrected chi connectivity index (χ1v) is 7.35. The van der Waals surface area contributed by atoms with E-state index >= 15 is 0 Å². The molecule has 0 aliphatic heterocycles. The fourth-order valence-electron chi connectivity index (χ4n) is 2.07. The molecule has 1 amide bonds. The van der Waals surface area contributed by atoms with Gasteiger partial charge < -0.3 is 10.4 Å². The van der Waals surface area contributed by atoms with Crippen LogP contribution >= 0.6 is 22.6 Å². The Morgan fingerprint density at radius 1 is 1.19 bits per heavy atom. The SMILES string of the molecule is O=C(Nc1cccc2ccncc12)c1ccc(I)c(O)c1. The van der Waals surface area contributed by atoms with E-state index in [1.54, 1.807) is 24.5 Å². The van der Waals surface area contributed by atoms with Gasteiger partial charge in [-0.2, -0.15) is 0 Å². The largest absolute Gasteiger partial charge is 0.507 e. The minimum absolute atomic E-state index is 0.0998. The van der Waals surface area contributed by atoms with Crippen LogP contribution in [0, 0.1) is 3.57 Å². The number of phenols is 1. The number of nitrogens with one attached hydrogen (secondary N) is 1. The van der Waals surface area contributed by atoms with E-state index in [9.17, 15) is 9.90 Å². The molecule has 0 aliphatic rings. The Bertz CT molecular complexity index is 828. The van der Waals surface area contributed by atoms with Crippen LogP contribution in [-0.4, -0.2) is 16.0 Å². The number of nitrogens with zero attached hydrogens (tertiary/aromatic N) is 1. The van der Waals surface area contributed by atoms with Crippen molar-refractivity contribution in [3.63, 3.8) is 0 Å². The third-order valence-electron chi connectivity index (χ3n) is 3.14. The van der Waals surface area contributed by atoms with Gasteiger partial charge in [0.25, 0.3) is 5.91 Å². The smallest absolute Gasteiger partial charge is 0.255 e. The highest BCUT2D eigenvalue weighted by Crippen LogP contribution is 2.24. The number of fused-ring (bicyclic) bond motifs is 1. The second-order valence-electron chi connectivity index (χ2n) is 4.52. The van der Waals surface area contributed by atoms with Gasteiger partial charge in [-0.25, -0.2) is 0 Å². The molecular weight excluding hydrogens is 379 g/mol. The number of aromatic nitrogens is 1. The molecule has 2 aromatic carbocycles. The zero-order valence-electron chi connectivity index (χ0n) is 10.9. The highest BCUT2D eigenvalue weighted by atomic mass is 127. The van der Waals surface area contributed by atoms with Crippen LogP contribution in [0.15, 0.2) is 54.9 Å². The lowest BCUT2D eigenvalue weighted by Crippen LogP contribution is -2.12. The van der Waals surface area contributed by atoms with Crippen LogP contribution in [0.25, 0.3) is 10.8 Å². The van der Waals surface area contributed by atoms with Gasteiger partial charge in [-0.15, -0.1) is 0 Å². The van der Waals surface area contributed by atoms with Gasteiger partial charge in [0.05, 0.1) is 9.26 Å². The molecular formula is C16H11IN2O2. The van der Waals surface area contributed by atoms with Gasteiger partial charge >= 0.3 is 0 Å². The van der Waals surface area contributed by atoms with Crippen LogP contribution in [0.5, 0.6) is 5.75 Å². The van der Waals surface area contributed by atoms with Crippen molar-refractivity contribution >= 4 is 45.0 Å². The summed E-state index contributed by atoms with van der Waals surface area (Å²) < 4.78 is 0.707. The van der Waals surface area contributed by atoms with Gasteiger partial charge in [-0.1, -0.05) is 12.1 Å². The van der Waals surface area contributed by atoms with Crippen LogP contribution in [0.1, 0.15) is 10.4 Å². The van der Waals surface area contributed by atoms with Gasteiger partial charge in [-0.05, 0) is 58.3 Å². The molecule has 3 rings (SSSR count). The summed E-state index contributed by atoms with van der Waals surface area (Å²) in [6.45, 7) is 0. The van der Waals surface area contributed by atoms with Gasteiger partial charge in [0.15, 0.2) is 0 Å². The molecule has 4 nitrogen and oxygen atoms in total. The monoisotopic (exact) mass is 390 g/mol. The summed E-state index contributed by atoms with van der Waals surface area (Å²) in [7, 11) is 0. The highest BCUT2D eigenvalue weighted by Gasteiger charge is 2.10. The Balaban J connectivity index is 1.94. The standard InChI is InChI=1S/C16H11IN2O2/c17-13-5-4-11(8-15(13)20)16(21)19-14-3-1-2-10-6-7-18-9-12(10)14/h1-9,20H,(H,19,21). The van der Waals surface area contributed by atoms with Crippen molar-refractivity contribution in [2.24, 2.45) is 0 Å². The van der Waals surface area contributed by atoms with E-state index in [-0.39, 0.29) is 11.7 Å². The van der Waals surface area contributed by atoms with E-state index < -0.39 is 0 Å². The van der Waals surface area contributed by atoms with Crippen molar-refractivity contribution in [3.05, 3.63) is 64.0 Å². The maximum Gasteiger partial charge on any atom is 0.255 e. The number of halogens is 1. The van der Waals surface area contributed by atoms with Crippen LogP contribution in [0.2, 0.25) is 0 Å². The number of rotatable bonds is 2. The number of pyridine rings is 1. The summed E-state index contributed by atoms with van der Waals surface area (Å²) >= 11 is 2.01. The fourth-order valence-corrected chi connectivity index (χ4v) is 2.41. The van der Waals surface area contributed by atoms with E-state index in [0.717, 1.165) is 10.8 Å². The number of phenolic OH excluding ortho intramolecular Hbond substituents is 1. The van der Waals surface area contributed by atoms with Crippen molar-refractivity contribution in [3.8, 4) is 5.75 Å². The lowest BCUT2D eigenvalue weighted by Gasteiger charge is -2.09. The first-order valence-electron chi connectivity index (χ1n) is 6.28. The minimum Gasteiger partial charge on any atom is -0.507 e. The van der Waals surface area contributed by atoms with Gasteiger partial charge in [0.2, 0.25) is 0 Å². The predicted octanol–water partition coefficient (Wildman–Crippen LogP) is 3.80. The molecule has 2 N–H and O–H groups in total. The number of anilines is 1. The van der Waals surface area contributed by atoms with E-state index in [2.05, 4.69) is 10.3 Å². The normalized spacial score (nSPS) is 10.5. The topological polar surface area (TPSA) is 62.2 Å². The van der Waals surface area contributed by atoms with E-state index in [0.29, 0.717) is 14.8 Å². The van der Waals surface area contributed by atoms with Crippen molar-refractivity contribution in [2.75, 3.05) is 5.32 Å². The Morgan fingerprint density at radius 2 is 2.05 bits per heavy atom. The second-order valence-corrected chi connectivity index (χ2v) is 5.68. The molecule has 0 unspecified atom stereocenters. The van der Waals surface area contributed by atoms with Crippen molar-refractivity contribution in [1.29, 1.82) is 0 Å². The zero-order valence-corrected chi connectivity index (χ0v) is 13.0. The molecule has 0 aliphatic carbocycles. The van der Waals surface area contributed by atoms with Gasteiger partial charge in [0.1, 0.15) is 5.75 Å². The molecule has 0 bridgehead atoms. The van der Waals surface area contributed by atoms with E-state index in [1.807, 2.05) is 46.9 Å². The Labute approximate surface area is 135 Å². The maximum absolute atomic E-state index is 12.3. The predicted molar refractivity (Wildman–Crippen MR) is 90.5 cm³/mol. The molecule has 0 saturated heterocycles. The average Bonchev–Trinajstić information content (AvgIpc) is 2.50. The molecule has 21 heavy (non-hydrogen) atoms. The Hall–Kier alpha value is -2.15. The highest BCUT2D eigenvalue weighted by molar-refractivity contribution is 14.1. The summed E-state index contributed by atoms with van der Waals surface area (Å²) in [4.78, 5) is 16.4. The van der Waals surface area contributed by atoms with E-state index in [1.165, 1.54) is 6.07 Å². The van der Waals surface area contributed by atoms with Crippen molar-refractivity contribution in [2.45, 2.75) is 0 Å². The molecule has 3 aromatic rings. The van der Waals surface area contributed by atoms with Crippen LogP contribution in [-0.2, 0) is 0 Å². The number of benzene rings is 2. The summed E-state index contributed by atoms with van der Waals surface area (Å²) in [5.41, 5.74) is 1.11. The minimum atomic E-state index is -0.266. The van der Waals surface area contributed by atoms with Crippen LogP contribution < -0.4 is 5.32 Å². The summed E-state index contributed by atoms with van der Waals surface area (Å²) in [6.07, 6.45) is 3.43. The summed E-state index contributed by atoms with van der Waals surface area (Å²) in [5.74, 6) is -0.166. The second kappa shape index (κ2) is 5.69. The molecule has 1 aromatic heterocycles. The lowest BCUT2D eigenvalue weighted by atomic mass is 10.1. The summed E-state index contributed by atoms with van der Waals surface area (Å²) in [5, 5.41) is 14.4. The third kappa shape index (κ3) is 2.82. The van der Waals surface area contributed by atoms with Gasteiger partial charge in [-0.3, -0.25) is 9.78 Å². The molecule has 5 heteroatoms. The lowest BCUT2D eigenvalue weighted by molar-refractivity contribution is 0.102. The Kier molecular flexibility index (Phi) is 3.74. The van der Waals surface area contributed by atoms with Crippen molar-refractivity contribution in [1.82, 2.24) is 4.98 Å². The van der Waals surface area contributed by atoms with Gasteiger partial charge in [0, 0.05) is 23.3 Å². The number of hydrogen-bond acceptors (Lipinski definition) is 3. The molecule has 0 radical (unpaired) electrons. The third-order valence-corrected chi connectivity index (χ3v) is 4.05. The molecule has 0 fully saturated rings. The average molecular weight is 390 g/mol. The zero-order chi connectivity index (χ0) is 14.8. The maximum atomic E-state index is 12.3. The van der Waals surface area contributed by atoms with E-state index in [4.69, 9.17) is 0 Å². The molecule has 104 valence electrons. The molecule has 1 heterocycles. The number of carbonyl (C=O) groups is 1. The molecule has 0 saturated carbocycles. The van der Waals surface area contributed by atoms with Crippen LogP contribution in [0.3, 0.4) is 0 Å². The van der Waals surface area contributed by atoms with Crippen molar-refractivity contribution < 1.29 is 9.90 Å². The summed E-state index contributed by atoms with van der Waals surface area (Å²) in [6, 6.07) is 12.4. The quantitative estimate of drug-likeness (QED) is 0.655. The first-order chi connectivity index (χ1) is 10.1. The molecule has 0 atom stereocenters. The number of amides is 1. The molecule has 0 spiro atoms. The Morgan fingerprint density at radius 3 is 2.86 bits per heavy atom. The number of carbonyl (C=O) groups excluding carboxylic acids is 1. The number of aromatic hydroxyl groups is 1. The fraction of sp³-hybridized carbons (Fsp3) is 0.